The maximum atomic E-state index is 12.1. The molecule has 0 aliphatic rings. The van der Waals surface area contributed by atoms with E-state index in [1.807, 2.05) is 49.4 Å². The molecular formula is C20H22N2O3S2. The first-order valence-electron chi connectivity index (χ1n) is 8.73. The summed E-state index contributed by atoms with van der Waals surface area (Å²) in [4.78, 5) is 16.6. The number of hydrogen-bond donors (Lipinski definition) is 1. The number of thiazole rings is 1. The number of nitrogens with one attached hydrogen (secondary N) is 1. The van der Waals surface area contributed by atoms with Crippen molar-refractivity contribution in [1.82, 2.24) is 10.3 Å². The number of carbonyl (C=O) groups is 1. The Labute approximate surface area is 167 Å². The quantitative estimate of drug-likeness (QED) is 0.545. The molecule has 2 aromatic carbocycles. The SMILES string of the molecule is CCOc1ccc2nc(SCC(=O)NCCc3ccc(OC)cc3)sc2c1. The highest BCUT2D eigenvalue weighted by Crippen LogP contribution is 2.31. The molecule has 1 heterocycles. The number of fused-ring (bicyclic) bond motifs is 1. The largest absolute Gasteiger partial charge is 0.497 e. The standard InChI is InChI=1S/C20H22N2O3S2/c1-3-25-16-8-9-17-18(12-16)27-20(22-17)26-13-19(23)21-11-10-14-4-6-15(24-2)7-5-14/h4-9,12H,3,10-11,13H2,1-2H3,(H,21,23). The molecule has 0 fully saturated rings. The summed E-state index contributed by atoms with van der Waals surface area (Å²) in [6, 6.07) is 13.8. The van der Waals surface area contributed by atoms with Crippen LogP contribution in [-0.4, -0.2) is 36.9 Å². The molecule has 1 aromatic heterocycles. The summed E-state index contributed by atoms with van der Waals surface area (Å²) in [5.74, 6) is 2.06. The summed E-state index contributed by atoms with van der Waals surface area (Å²) in [7, 11) is 1.65. The van der Waals surface area contributed by atoms with Crippen LogP contribution in [0.4, 0.5) is 0 Å². The molecular weight excluding hydrogens is 380 g/mol. The van der Waals surface area contributed by atoms with Gasteiger partial charge in [-0.05, 0) is 49.2 Å². The number of aromatic nitrogens is 1. The van der Waals surface area contributed by atoms with Gasteiger partial charge in [0.25, 0.3) is 0 Å². The van der Waals surface area contributed by atoms with Crippen LogP contribution in [0.25, 0.3) is 10.2 Å². The van der Waals surface area contributed by atoms with Crippen molar-refractivity contribution < 1.29 is 14.3 Å². The number of ether oxygens (including phenoxy) is 2. The molecule has 0 saturated heterocycles. The second-order valence-electron chi connectivity index (χ2n) is 5.78. The van der Waals surface area contributed by atoms with Gasteiger partial charge in [-0.3, -0.25) is 4.79 Å². The van der Waals surface area contributed by atoms with Crippen LogP contribution in [0, 0.1) is 0 Å². The Morgan fingerprint density at radius 1 is 1.19 bits per heavy atom. The third-order valence-electron chi connectivity index (χ3n) is 3.87. The Morgan fingerprint density at radius 2 is 1.96 bits per heavy atom. The van der Waals surface area contributed by atoms with Crippen molar-refractivity contribution >= 4 is 39.2 Å². The summed E-state index contributed by atoms with van der Waals surface area (Å²) < 4.78 is 12.6. The minimum absolute atomic E-state index is 0.0165. The smallest absolute Gasteiger partial charge is 0.230 e. The topological polar surface area (TPSA) is 60.5 Å². The van der Waals surface area contributed by atoms with Crippen LogP contribution in [0.5, 0.6) is 11.5 Å². The Hall–Kier alpha value is -2.25. The fourth-order valence-corrected chi connectivity index (χ4v) is 4.45. The van der Waals surface area contributed by atoms with Crippen LogP contribution in [0.1, 0.15) is 12.5 Å². The molecule has 3 rings (SSSR count). The minimum Gasteiger partial charge on any atom is -0.497 e. The first-order chi connectivity index (χ1) is 13.2. The molecule has 5 nitrogen and oxygen atoms in total. The predicted octanol–water partition coefficient (Wildman–Crippen LogP) is 4.15. The van der Waals surface area contributed by atoms with E-state index in [2.05, 4.69) is 10.3 Å². The molecule has 1 amide bonds. The first-order valence-corrected chi connectivity index (χ1v) is 10.5. The van der Waals surface area contributed by atoms with Crippen molar-refractivity contribution in [3.63, 3.8) is 0 Å². The van der Waals surface area contributed by atoms with E-state index in [1.165, 1.54) is 17.3 Å². The number of rotatable bonds is 9. The Morgan fingerprint density at radius 3 is 2.70 bits per heavy atom. The van der Waals surface area contributed by atoms with Gasteiger partial charge in [0, 0.05) is 6.54 Å². The number of nitrogens with zero attached hydrogens (tertiary/aromatic N) is 1. The molecule has 7 heteroatoms. The maximum Gasteiger partial charge on any atom is 0.230 e. The Kier molecular flexibility index (Phi) is 6.95. The van der Waals surface area contributed by atoms with Crippen molar-refractivity contribution in [3.05, 3.63) is 48.0 Å². The maximum absolute atomic E-state index is 12.1. The zero-order valence-corrected chi connectivity index (χ0v) is 17.0. The molecule has 27 heavy (non-hydrogen) atoms. The van der Waals surface area contributed by atoms with Crippen LogP contribution >= 0.6 is 23.1 Å². The zero-order chi connectivity index (χ0) is 19.1. The van der Waals surface area contributed by atoms with Gasteiger partial charge in [0.15, 0.2) is 4.34 Å². The summed E-state index contributed by atoms with van der Waals surface area (Å²) in [6.45, 7) is 3.22. The second-order valence-corrected chi connectivity index (χ2v) is 8.03. The molecule has 0 aliphatic carbocycles. The van der Waals surface area contributed by atoms with Gasteiger partial charge in [0.1, 0.15) is 11.5 Å². The highest BCUT2D eigenvalue weighted by atomic mass is 32.2. The summed E-state index contributed by atoms with van der Waals surface area (Å²) in [5.41, 5.74) is 2.10. The number of benzene rings is 2. The van der Waals surface area contributed by atoms with Gasteiger partial charge in [-0.25, -0.2) is 4.98 Å². The number of methoxy groups -OCH3 is 1. The Bertz CT molecular complexity index is 894. The van der Waals surface area contributed by atoms with E-state index in [-0.39, 0.29) is 5.91 Å². The van der Waals surface area contributed by atoms with Gasteiger partial charge in [-0.15, -0.1) is 11.3 Å². The lowest BCUT2D eigenvalue weighted by Gasteiger charge is -2.05. The lowest BCUT2D eigenvalue weighted by molar-refractivity contribution is -0.118. The second kappa shape index (κ2) is 9.62. The average molecular weight is 403 g/mol. The number of amides is 1. The van der Waals surface area contributed by atoms with Crippen molar-refractivity contribution in [2.75, 3.05) is 26.0 Å². The van der Waals surface area contributed by atoms with E-state index in [4.69, 9.17) is 9.47 Å². The van der Waals surface area contributed by atoms with Gasteiger partial charge < -0.3 is 14.8 Å². The van der Waals surface area contributed by atoms with E-state index < -0.39 is 0 Å². The van der Waals surface area contributed by atoms with Gasteiger partial charge in [-0.2, -0.15) is 0 Å². The van der Waals surface area contributed by atoms with Crippen LogP contribution < -0.4 is 14.8 Å². The van der Waals surface area contributed by atoms with Gasteiger partial charge in [0.2, 0.25) is 5.91 Å². The molecule has 142 valence electrons. The van der Waals surface area contributed by atoms with E-state index in [9.17, 15) is 4.79 Å². The summed E-state index contributed by atoms with van der Waals surface area (Å²) >= 11 is 3.05. The molecule has 0 radical (unpaired) electrons. The van der Waals surface area contributed by atoms with Gasteiger partial charge in [0.05, 0.1) is 29.7 Å². The van der Waals surface area contributed by atoms with Gasteiger partial charge in [-0.1, -0.05) is 23.9 Å². The lowest BCUT2D eigenvalue weighted by Crippen LogP contribution is -2.27. The van der Waals surface area contributed by atoms with E-state index in [1.54, 1.807) is 18.4 Å². The van der Waals surface area contributed by atoms with E-state index in [0.29, 0.717) is 18.9 Å². The van der Waals surface area contributed by atoms with Crippen molar-refractivity contribution in [1.29, 1.82) is 0 Å². The number of hydrogen-bond acceptors (Lipinski definition) is 6. The lowest BCUT2D eigenvalue weighted by atomic mass is 10.1. The minimum atomic E-state index is 0.0165. The molecule has 0 atom stereocenters. The molecule has 0 spiro atoms. The third-order valence-corrected chi connectivity index (χ3v) is 6.03. The highest BCUT2D eigenvalue weighted by Gasteiger charge is 2.09. The van der Waals surface area contributed by atoms with Gasteiger partial charge >= 0.3 is 0 Å². The molecule has 0 unspecified atom stereocenters. The van der Waals surface area contributed by atoms with Crippen molar-refractivity contribution in [2.24, 2.45) is 0 Å². The fraction of sp³-hybridized carbons (Fsp3) is 0.300. The Balaban J connectivity index is 1.45. The van der Waals surface area contributed by atoms with Crippen LogP contribution in [-0.2, 0) is 11.2 Å². The monoisotopic (exact) mass is 402 g/mol. The normalized spacial score (nSPS) is 10.7. The molecule has 1 N–H and O–H groups in total. The molecule has 0 aliphatic heterocycles. The van der Waals surface area contributed by atoms with Crippen LogP contribution in [0.3, 0.4) is 0 Å². The number of thioether (sulfide) groups is 1. The van der Waals surface area contributed by atoms with E-state index in [0.717, 1.165) is 32.5 Å². The van der Waals surface area contributed by atoms with Crippen LogP contribution in [0.15, 0.2) is 46.8 Å². The highest BCUT2D eigenvalue weighted by molar-refractivity contribution is 8.01. The third kappa shape index (κ3) is 5.61. The summed E-state index contributed by atoms with van der Waals surface area (Å²) in [6.07, 6.45) is 0.793. The van der Waals surface area contributed by atoms with Crippen LogP contribution in [0.2, 0.25) is 0 Å². The van der Waals surface area contributed by atoms with E-state index >= 15 is 0 Å². The number of carbonyl (C=O) groups excluding carboxylic acids is 1. The predicted molar refractivity (Wildman–Crippen MR) is 111 cm³/mol. The fourth-order valence-electron chi connectivity index (χ4n) is 2.52. The summed E-state index contributed by atoms with van der Waals surface area (Å²) in [5, 5.41) is 2.96. The molecule has 3 aromatic rings. The molecule has 0 bridgehead atoms. The molecule has 0 saturated carbocycles. The average Bonchev–Trinajstić information content (AvgIpc) is 3.09. The zero-order valence-electron chi connectivity index (χ0n) is 15.4. The van der Waals surface area contributed by atoms with Crippen molar-refractivity contribution in [3.8, 4) is 11.5 Å². The van der Waals surface area contributed by atoms with Crippen molar-refractivity contribution in [2.45, 2.75) is 17.7 Å². The first kappa shape index (κ1) is 19.5.